The molecular formula is C12H17F3N2O2. The van der Waals surface area contributed by atoms with Gasteiger partial charge in [-0.1, -0.05) is 6.92 Å². The Balaban J connectivity index is 2.76. The van der Waals surface area contributed by atoms with Crippen molar-refractivity contribution in [2.75, 3.05) is 20.1 Å². The number of halogens is 3. The lowest BCUT2D eigenvalue weighted by molar-refractivity contribution is -0.165. The molecule has 7 heteroatoms. The van der Waals surface area contributed by atoms with Gasteiger partial charge >= 0.3 is 6.18 Å². The molecule has 1 aromatic rings. The van der Waals surface area contributed by atoms with Crippen LogP contribution in [0.5, 0.6) is 0 Å². The largest absolute Gasteiger partial charge is 0.467 e. The molecule has 1 N–H and O–H groups in total. The Labute approximate surface area is 109 Å². The standard InChI is InChI=1S/C12H17F3N2O2/c1-9(6-16-2)11(18)17(8-12(13,14)15)7-10-4-3-5-19-10/h3-5,9,16H,6-8H2,1-2H3. The highest BCUT2D eigenvalue weighted by Gasteiger charge is 2.34. The Morgan fingerprint density at radius 2 is 2.21 bits per heavy atom. The summed E-state index contributed by atoms with van der Waals surface area (Å²) < 4.78 is 42.5. The fourth-order valence-electron chi connectivity index (χ4n) is 1.72. The van der Waals surface area contributed by atoms with Crippen LogP contribution in [0.15, 0.2) is 22.8 Å². The van der Waals surface area contributed by atoms with E-state index in [4.69, 9.17) is 4.42 Å². The number of carbonyl (C=O) groups is 1. The normalized spacial score (nSPS) is 13.3. The summed E-state index contributed by atoms with van der Waals surface area (Å²) in [6.07, 6.45) is -3.07. The summed E-state index contributed by atoms with van der Waals surface area (Å²) in [6, 6.07) is 3.11. The van der Waals surface area contributed by atoms with Crippen molar-refractivity contribution in [3.05, 3.63) is 24.2 Å². The molecule has 0 fully saturated rings. The number of carbonyl (C=O) groups excluding carboxylic acids is 1. The number of hydrogen-bond acceptors (Lipinski definition) is 3. The fourth-order valence-corrected chi connectivity index (χ4v) is 1.72. The summed E-state index contributed by atoms with van der Waals surface area (Å²) >= 11 is 0. The number of nitrogens with one attached hydrogen (secondary N) is 1. The third-order valence-electron chi connectivity index (χ3n) is 2.54. The van der Waals surface area contributed by atoms with Crippen molar-refractivity contribution in [1.82, 2.24) is 10.2 Å². The van der Waals surface area contributed by atoms with Gasteiger partial charge in [0.1, 0.15) is 12.3 Å². The van der Waals surface area contributed by atoms with Crippen LogP contribution in [0.3, 0.4) is 0 Å². The molecule has 0 saturated heterocycles. The highest BCUT2D eigenvalue weighted by Crippen LogP contribution is 2.20. The Morgan fingerprint density at radius 1 is 1.53 bits per heavy atom. The van der Waals surface area contributed by atoms with Gasteiger partial charge in [-0.15, -0.1) is 0 Å². The van der Waals surface area contributed by atoms with Gasteiger partial charge < -0.3 is 14.6 Å². The molecule has 0 aliphatic heterocycles. The minimum absolute atomic E-state index is 0.181. The maximum absolute atomic E-state index is 12.5. The van der Waals surface area contributed by atoms with Crippen molar-refractivity contribution in [1.29, 1.82) is 0 Å². The first kappa shape index (κ1) is 15.6. The van der Waals surface area contributed by atoms with E-state index in [9.17, 15) is 18.0 Å². The predicted molar refractivity (Wildman–Crippen MR) is 63.3 cm³/mol. The molecule has 0 saturated carbocycles. The van der Waals surface area contributed by atoms with Gasteiger partial charge in [0, 0.05) is 12.5 Å². The lowest BCUT2D eigenvalue weighted by atomic mass is 10.1. The first-order chi connectivity index (χ1) is 8.83. The van der Waals surface area contributed by atoms with E-state index in [1.807, 2.05) is 0 Å². The zero-order chi connectivity index (χ0) is 14.5. The monoisotopic (exact) mass is 278 g/mol. The second-order valence-corrected chi connectivity index (χ2v) is 4.35. The summed E-state index contributed by atoms with van der Waals surface area (Å²) in [6.45, 7) is 0.454. The Bertz CT molecular complexity index is 390. The van der Waals surface area contributed by atoms with E-state index < -0.39 is 24.5 Å². The second-order valence-electron chi connectivity index (χ2n) is 4.35. The van der Waals surface area contributed by atoms with Crippen LogP contribution in [0.4, 0.5) is 13.2 Å². The zero-order valence-electron chi connectivity index (χ0n) is 10.8. The van der Waals surface area contributed by atoms with Crippen molar-refractivity contribution in [2.24, 2.45) is 5.92 Å². The molecule has 19 heavy (non-hydrogen) atoms. The van der Waals surface area contributed by atoms with Gasteiger partial charge in [-0.05, 0) is 19.2 Å². The van der Waals surface area contributed by atoms with Crippen LogP contribution in [0.1, 0.15) is 12.7 Å². The number of alkyl halides is 3. The van der Waals surface area contributed by atoms with Crippen LogP contribution in [0.25, 0.3) is 0 Å². The first-order valence-corrected chi connectivity index (χ1v) is 5.86. The maximum atomic E-state index is 12.5. The molecule has 1 aromatic heterocycles. The van der Waals surface area contributed by atoms with Gasteiger partial charge in [-0.25, -0.2) is 0 Å². The number of nitrogens with zero attached hydrogens (tertiary/aromatic N) is 1. The van der Waals surface area contributed by atoms with E-state index >= 15 is 0 Å². The van der Waals surface area contributed by atoms with E-state index in [1.54, 1.807) is 26.1 Å². The van der Waals surface area contributed by atoms with Crippen LogP contribution in [0.2, 0.25) is 0 Å². The maximum Gasteiger partial charge on any atom is 0.406 e. The molecule has 0 radical (unpaired) electrons. The van der Waals surface area contributed by atoms with E-state index in [1.165, 1.54) is 6.26 Å². The number of rotatable bonds is 6. The smallest absolute Gasteiger partial charge is 0.406 e. The number of furan rings is 1. The Kier molecular flexibility index (Phi) is 5.41. The number of amides is 1. The lowest BCUT2D eigenvalue weighted by Gasteiger charge is -2.26. The highest BCUT2D eigenvalue weighted by atomic mass is 19.4. The van der Waals surface area contributed by atoms with Gasteiger partial charge in [0.15, 0.2) is 0 Å². The van der Waals surface area contributed by atoms with E-state index in [0.29, 0.717) is 12.3 Å². The average molecular weight is 278 g/mol. The molecule has 108 valence electrons. The topological polar surface area (TPSA) is 45.5 Å². The quantitative estimate of drug-likeness (QED) is 0.866. The predicted octanol–water partition coefficient (Wildman–Crippen LogP) is 2.03. The Hall–Kier alpha value is -1.50. The second kappa shape index (κ2) is 6.60. The molecule has 1 rings (SSSR count). The van der Waals surface area contributed by atoms with Crippen LogP contribution in [-0.4, -0.2) is 37.1 Å². The minimum atomic E-state index is -4.43. The van der Waals surface area contributed by atoms with Crippen molar-refractivity contribution in [3.63, 3.8) is 0 Å². The summed E-state index contributed by atoms with van der Waals surface area (Å²) in [5.74, 6) is -0.750. The molecule has 0 aromatic carbocycles. The SMILES string of the molecule is CNCC(C)C(=O)N(Cc1ccco1)CC(F)(F)F. The van der Waals surface area contributed by atoms with Crippen LogP contribution in [0, 0.1) is 5.92 Å². The molecular weight excluding hydrogens is 261 g/mol. The van der Waals surface area contributed by atoms with Gasteiger partial charge in [-0.3, -0.25) is 4.79 Å². The summed E-state index contributed by atoms with van der Waals surface area (Å²) in [4.78, 5) is 12.7. The van der Waals surface area contributed by atoms with Crippen molar-refractivity contribution in [2.45, 2.75) is 19.6 Å². The van der Waals surface area contributed by atoms with E-state index in [2.05, 4.69) is 5.32 Å². The molecule has 4 nitrogen and oxygen atoms in total. The average Bonchev–Trinajstić information content (AvgIpc) is 2.78. The molecule has 0 bridgehead atoms. The molecule has 0 spiro atoms. The first-order valence-electron chi connectivity index (χ1n) is 5.86. The van der Waals surface area contributed by atoms with Crippen molar-refractivity contribution in [3.8, 4) is 0 Å². The van der Waals surface area contributed by atoms with Crippen LogP contribution < -0.4 is 5.32 Å². The van der Waals surface area contributed by atoms with Gasteiger partial charge in [0.05, 0.1) is 12.8 Å². The number of hydrogen-bond donors (Lipinski definition) is 1. The summed E-state index contributed by atoms with van der Waals surface area (Å²) in [7, 11) is 1.64. The molecule has 1 unspecified atom stereocenters. The van der Waals surface area contributed by atoms with Gasteiger partial charge in [0.2, 0.25) is 5.91 Å². The molecule has 1 atom stereocenters. The van der Waals surface area contributed by atoms with Crippen LogP contribution in [-0.2, 0) is 11.3 Å². The third kappa shape index (κ3) is 5.34. The molecule has 0 aliphatic rings. The van der Waals surface area contributed by atoms with Crippen LogP contribution >= 0.6 is 0 Å². The highest BCUT2D eigenvalue weighted by molar-refractivity contribution is 5.78. The molecule has 1 heterocycles. The minimum Gasteiger partial charge on any atom is -0.467 e. The summed E-state index contributed by atoms with van der Waals surface area (Å²) in [5, 5.41) is 2.77. The fraction of sp³-hybridized carbons (Fsp3) is 0.583. The van der Waals surface area contributed by atoms with E-state index in [-0.39, 0.29) is 6.54 Å². The zero-order valence-corrected chi connectivity index (χ0v) is 10.8. The van der Waals surface area contributed by atoms with Crippen molar-refractivity contribution < 1.29 is 22.4 Å². The third-order valence-corrected chi connectivity index (χ3v) is 2.54. The lowest BCUT2D eigenvalue weighted by Crippen LogP contribution is -2.43. The summed E-state index contributed by atoms with van der Waals surface area (Å²) in [5.41, 5.74) is 0. The van der Waals surface area contributed by atoms with Gasteiger partial charge in [-0.2, -0.15) is 13.2 Å². The Morgan fingerprint density at radius 3 is 2.68 bits per heavy atom. The van der Waals surface area contributed by atoms with E-state index in [0.717, 1.165) is 4.90 Å². The van der Waals surface area contributed by atoms with Crippen molar-refractivity contribution >= 4 is 5.91 Å². The van der Waals surface area contributed by atoms with Gasteiger partial charge in [0.25, 0.3) is 0 Å². The molecule has 0 aliphatic carbocycles. The molecule has 1 amide bonds.